The maximum absolute atomic E-state index is 12.9. The van der Waals surface area contributed by atoms with E-state index in [0.29, 0.717) is 12.1 Å². The van der Waals surface area contributed by atoms with Crippen molar-refractivity contribution < 1.29 is 4.39 Å². The number of piperidine rings is 1. The fourth-order valence-corrected chi connectivity index (χ4v) is 3.01. The molecule has 1 saturated heterocycles. The van der Waals surface area contributed by atoms with Gasteiger partial charge in [-0.2, -0.15) is 0 Å². The van der Waals surface area contributed by atoms with Crippen LogP contribution < -0.4 is 5.32 Å². The molecule has 1 aliphatic rings. The van der Waals surface area contributed by atoms with Gasteiger partial charge in [0.15, 0.2) is 0 Å². The second kappa shape index (κ2) is 7.75. The summed E-state index contributed by atoms with van der Waals surface area (Å²) in [6.07, 6.45) is 4.76. The van der Waals surface area contributed by atoms with Crippen LogP contribution in [0.5, 0.6) is 0 Å². The molecule has 1 aliphatic heterocycles. The van der Waals surface area contributed by atoms with Crippen molar-refractivity contribution in [1.29, 1.82) is 0 Å². The number of benzene rings is 1. The van der Waals surface area contributed by atoms with Gasteiger partial charge >= 0.3 is 0 Å². The third kappa shape index (κ3) is 4.57. The fraction of sp³-hybridized carbons (Fsp3) is 0.647. The lowest BCUT2D eigenvalue weighted by Crippen LogP contribution is -2.49. The van der Waals surface area contributed by atoms with Crippen molar-refractivity contribution >= 4 is 0 Å². The quantitative estimate of drug-likeness (QED) is 0.859. The zero-order valence-corrected chi connectivity index (χ0v) is 12.7. The van der Waals surface area contributed by atoms with Crippen molar-refractivity contribution in [3.8, 4) is 0 Å². The standard InChI is InChI=1S/C17H27FN2/c1-3-10-19-17-5-4-11-20(13-17)14(2)12-15-6-8-16(18)9-7-15/h6-9,14,17,19H,3-5,10-13H2,1-2H3. The Morgan fingerprint density at radius 3 is 2.80 bits per heavy atom. The number of hydrogen-bond donors (Lipinski definition) is 1. The molecule has 20 heavy (non-hydrogen) atoms. The minimum absolute atomic E-state index is 0.150. The van der Waals surface area contributed by atoms with Crippen molar-refractivity contribution in [1.82, 2.24) is 10.2 Å². The van der Waals surface area contributed by atoms with E-state index in [0.717, 1.165) is 19.5 Å². The average molecular weight is 278 g/mol. The molecule has 1 N–H and O–H groups in total. The molecular formula is C17H27FN2. The molecule has 2 unspecified atom stereocenters. The Hall–Kier alpha value is -0.930. The molecule has 1 aromatic carbocycles. The number of halogens is 1. The van der Waals surface area contributed by atoms with Gasteiger partial charge in [0.25, 0.3) is 0 Å². The van der Waals surface area contributed by atoms with Gasteiger partial charge in [-0.15, -0.1) is 0 Å². The van der Waals surface area contributed by atoms with Crippen molar-refractivity contribution in [2.45, 2.75) is 51.6 Å². The lowest BCUT2D eigenvalue weighted by atomic mass is 10.0. The predicted octanol–water partition coefficient (Wildman–Crippen LogP) is 3.22. The van der Waals surface area contributed by atoms with Crippen LogP contribution in [0.15, 0.2) is 24.3 Å². The van der Waals surface area contributed by atoms with Gasteiger partial charge in [-0.1, -0.05) is 19.1 Å². The molecule has 0 spiro atoms. The molecule has 0 aliphatic carbocycles. The Balaban J connectivity index is 1.84. The minimum Gasteiger partial charge on any atom is -0.313 e. The van der Waals surface area contributed by atoms with Crippen LogP contribution in [-0.2, 0) is 6.42 Å². The molecular weight excluding hydrogens is 251 g/mol. The third-order valence-electron chi connectivity index (χ3n) is 4.20. The van der Waals surface area contributed by atoms with E-state index in [1.807, 2.05) is 12.1 Å². The highest BCUT2D eigenvalue weighted by atomic mass is 19.1. The second-order valence-electron chi connectivity index (χ2n) is 5.97. The van der Waals surface area contributed by atoms with Crippen molar-refractivity contribution in [3.05, 3.63) is 35.6 Å². The highest BCUT2D eigenvalue weighted by molar-refractivity contribution is 5.17. The summed E-state index contributed by atoms with van der Waals surface area (Å²) in [5.41, 5.74) is 1.22. The van der Waals surface area contributed by atoms with Crippen LogP contribution in [0.1, 0.15) is 38.7 Å². The summed E-state index contributed by atoms with van der Waals surface area (Å²) < 4.78 is 12.9. The van der Waals surface area contributed by atoms with Gasteiger partial charge in [0, 0.05) is 18.6 Å². The number of rotatable bonds is 6. The molecule has 3 heteroatoms. The normalized spacial score (nSPS) is 21.9. The maximum Gasteiger partial charge on any atom is 0.123 e. The smallest absolute Gasteiger partial charge is 0.123 e. The van der Waals surface area contributed by atoms with Crippen molar-refractivity contribution in [3.63, 3.8) is 0 Å². The second-order valence-corrected chi connectivity index (χ2v) is 5.97. The summed E-state index contributed by atoms with van der Waals surface area (Å²) in [6.45, 7) is 7.94. The van der Waals surface area contributed by atoms with Crippen LogP contribution >= 0.6 is 0 Å². The lowest BCUT2D eigenvalue weighted by Gasteiger charge is -2.37. The number of hydrogen-bond acceptors (Lipinski definition) is 2. The van der Waals surface area contributed by atoms with Crippen LogP contribution in [0, 0.1) is 5.82 Å². The van der Waals surface area contributed by atoms with Gasteiger partial charge in [0.2, 0.25) is 0 Å². The van der Waals surface area contributed by atoms with Gasteiger partial charge in [-0.25, -0.2) is 4.39 Å². The molecule has 0 amide bonds. The minimum atomic E-state index is -0.150. The molecule has 1 heterocycles. The van der Waals surface area contributed by atoms with E-state index in [1.54, 1.807) is 12.1 Å². The van der Waals surface area contributed by atoms with Gasteiger partial charge in [0.1, 0.15) is 5.82 Å². The Labute approximate surface area is 122 Å². The topological polar surface area (TPSA) is 15.3 Å². The van der Waals surface area contributed by atoms with Crippen LogP contribution in [0.4, 0.5) is 4.39 Å². The van der Waals surface area contributed by atoms with Gasteiger partial charge in [-0.05, 0) is 63.4 Å². The number of nitrogens with zero attached hydrogens (tertiary/aromatic N) is 1. The molecule has 112 valence electrons. The molecule has 0 saturated carbocycles. The van der Waals surface area contributed by atoms with Crippen molar-refractivity contribution in [2.75, 3.05) is 19.6 Å². The average Bonchev–Trinajstić information content (AvgIpc) is 2.48. The Morgan fingerprint density at radius 2 is 2.10 bits per heavy atom. The molecule has 0 aromatic heterocycles. The highest BCUT2D eigenvalue weighted by Gasteiger charge is 2.23. The van der Waals surface area contributed by atoms with Gasteiger partial charge < -0.3 is 5.32 Å². The summed E-state index contributed by atoms with van der Waals surface area (Å²) in [4.78, 5) is 2.57. The first-order chi connectivity index (χ1) is 9.69. The first-order valence-corrected chi connectivity index (χ1v) is 7.91. The zero-order valence-electron chi connectivity index (χ0n) is 12.7. The van der Waals surface area contributed by atoms with E-state index in [1.165, 1.54) is 31.4 Å². The van der Waals surface area contributed by atoms with Crippen LogP contribution in [-0.4, -0.2) is 36.6 Å². The first kappa shape index (κ1) is 15.5. The maximum atomic E-state index is 12.9. The molecule has 2 atom stereocenters. The molecule has 2 rings (SSSR count). The molecule has 0 radical (unpaired) electrons. The number of likely N-dealkylation sites (tertiary alicyclic amines) is 1. The van der Waals surface area contributed by atoms with Gasteiger partial charge in [0.05, 0.1) is 0 Å². The summed E-state index contributed by atoms with van der Waals surface area (Å²) in [6, 6.07) is 8.09. The molecule has 2 nitrogen and oxygen atoms in total. The van der Waals surface area contributed by atoms with E-state index in [9.17, 15) is 4.39 Å². The van der Waals surface area contributed by atoms with Crippen LogP contribution in [0.25, 0.3) is 0 Å². The largest absolute Gasteiger partial charge is 0.313 e. The summed E-state index contributed by atoms with van der Waals surface area (Å²) in [7, 11) is 0. The highest BCUT2D eigenvalue weighted by Crippen LogP contribution is 2.16. The Kier molecular flexibility index (Phi) is 5.99. The summed E-state index contributed by atoms with van der Waals surface area (Å²) >= 11 is 0. The Morgan fingerprint density at radius 1 is 1.35 bits per heavy atom. The van der Waals surface area contributed by atoms with Crippen LogP contribution in [0.3, 0.4) is 0 Å². The molecule has 1 aromatic rings. The summed E-state index contributed by atoms with van der Waals surface area (Å²) in [5, 5.41) is 3.64. The van der Waals surface area contributed by atoms with E-state index in [-0.39, 0.29) is 5.82 Å². The van der Waals surface area contributed by atoms with Crippen LogP contribution in [0.2, 0.25) is 0 Å². The van der Waals surface area contributed by atoms with Crippen molar-refractivity contribution in [2.24, 2.45) is 0 Å². The molecule has 0 bridgehead atoms. The third-order valence-corrected chi connectivity index (χ3v) is 4.20. The van der Waals surface area contributed by atoms with E-state index < -0.39 is 0 Å². The lowest BCUT2D eigenvalue weighted by molar-refractivity contribution is 0.145. The van der Waals surface area contributed by atoms with E-state index in [2.05, 4.69) is 24.1 Å². The van der Waals surface area contributed by atoms with E-state index in [4.69, 9.17) is 0 Å². The first-order valence-electron chi connectivity index (χ1n) is 7.91. The molecule has 1 fully saturated rings. The number of nitrogens with one attached hydrogen (secondary N) is 1. The van der Waals surface area contributed by atoms with Gasteiger partial charge in [-0.3, -0.25) is 4.90 Å². The SMILES string of the molecule is CCCNC1CCCN(C(C)Cc2ccc(F)cc2)C1. The Bertz CT molecular complexity index is 390. The summed E-state index contributed by atoms with van der Waals surface area (Å²) in [5.74, 6) is -0.150. The zero-order chi connectivity index (χ0) is 14.4. The fourth-order valence-electron chi connectivity index (χ4n) is 3.01. The predicted molar refractivity (Wildman–Crippen MR) is 82.5 cm³/mol. The monoisotopic (exact) mass is 278 g/mol. The van der Waals surface area contributed by atoms with E-state index >= 15 is 0 Å².